The maximum absolute atomic E-state index is 12.6. The number of hydrogen-bond acceptors (Lipinski definition) is 3. The van der Waals surface area contributed by atoms with E-state index in [1.807, 2.05) is 43.1 Å². The monoisotopic (exact) mass is 360 g/mol. The predicted molar refractivity (Wildman–Crippen MR) is 110 cm³/mol. The zero-order valence-corrected chi connectivity index (χ0v) is 15.8. The molecule has 1 aliphatic heterocycles. The molecule has 1 N–H and O–H groups in total. The first-order chi connectivity index (χ1) is 13.1. The molecule has 2 heterocycles. The van der Waals surface area contributed by atoms with Gasteiger partial charge in [-0.1, -0.05) is 24.3 Å². The van der Waals surface area contributed by atoms with Gasteiger partial charge in [-0.3, -0.25) is 4.98 Å². The van der Waals surface area contributed by atoms with E-state index in [1.54, 1.807) is 0 Å². The van der Waals surface area contributed by atoms with Crippen LogP contribution in [-0.4, -0.2) is 42.1 Å². The molecule has 138 valence electrons. The van der Waals surface area contributed by atoms with E-state index in [9.17, 15) is 4.79 Å². The number of piperazine rings is 1. The number of urea groups is 1. The fraction of sp³-hybridized carbons (Fsp3) is 0.273. The third kappa shape index (κ3) is 3.72. The van der Waals surface area contributed by atoms with Gasteiger partial charge in [0.05, 0.1) is 11.2 Å². The third-order valence-electron chi connectivity index (χ3n) is 4.99. The van der Waals surface area contributed by atoms with Crippen molar-refractivity contribution >= 4 is 28.3 Å². The van der Waals surface area contributed by atoms with Gasteiger partial charge in [0, 0.05) is 43.4 Å². The van der Waals surface area contributed by atoms with Crippen LogP contribution in [0, 0.1) is 13.8 Å². The van der Waals surface area contributed by atoms with Gasteiger partial charge in [0.25, 0.3) is 0 Å². The minimum atomic E-state index is -0.0318. The maximum Gasteiger partial charge on any atom is 0.321 e. The summed E-state index contributed by atoms with van der Waals surface area (Å²) in [7, 11) is 0. The van der Waals surface area contributed by atoms with Crippen molar-refractivity contribution in [2.24, 2.45) is 0 Å². The standard InChI is InChI=1S/C22H24N4O/c1-16-13-17(2)15-19(14-16)24-22(27)26-11-9-25(10-12-26)20-7-3-5-18-6-4-8-23-21(18)20/h3-8,13-15H,9-12H2,1-2H3,(H,24,27). The number of fused-ring (bicyclic) bond motifs is 1. The number of benzene rings is 2. The van der Waals surface area contributed by atoms with Gasteiger partial charge in [-0.25, -0.2) is 4.79 Å². The summed E-state index contributed by atoms with van der Waals surface area (Å²) in [5.74, 6) is 0. The topological polar surface area (TPSA) is 48.5 Å². The number of nitrogens with one attached hydrogen (secondary N) is 1. The predicted octanol–water partition coefficient (Wildman–Crippen LogP) is 4.21. The molecular formula is C22H24N4O. The van der Waals surface area contributed by atoms with Crippen LogP contribution in [0.1, 0.15) is 11.1 Å². The van der Waals surface area contributed by atoms with E-state index in [0.717, 1.165) is 46.5 Å². The van der Waals surface area contributed by atoms with Crippen molar-refractivity contribution in [3.63, 3.8) is 0 Å². The van der Waals surface area contributed by atoms with Crippen LogP contribution in [0.25, 0.3) is 10.9 Å². The molecular weight excluding hydrogens is 336 g/mol. The number of rotatable bonds is 2. The lowest BCUT2D eigenvalue weighted by Crippen LogP contribution is -2.50. The van der Waals surface area contributed by atoms with E-state index in [4.69, 9.17) is 0 Å². The van der Waals surface area contributed by atoms with Gasteiger partial charge in [-0.05, 0) is 49.2 Å². The smallest absolute Gasteiger partial charge is 0.321 e. The number of carbonyl (C=O) groups is 1. The molecule has 5 nitrogen and oxygen atoms in total. The van der Waals surface area contributed by atoms with Crippen LogP contribution >= 0.6 is 0 Å². The highest BCUT2D eigenvalue weighted by atomic mass is 16.2. The van der Waals surface area contributed by atoms with Crippen LogP contribution in [0.2, 0.25) is 0 Å². The molecule has 1 aliphatic rings. The number of para-hydroxylation sites is 1. The Morgan fingerprint density at radius 1 is 0.963 bits per heavy atom. The number of nitrogens with zero attached hydrogens (tertiary/aromatic N) is 3. The second kappa shape index (κ2) is 7.27. The molecule has 0 radical (unpaired) electrons. The minimum Gasteiger partial charge on any atom is -0.366 e. The summed E-state index contributed by atoms with van der Waals surface area (Å²) in [6, 6.07) is 16.4. The lowest BCUT2D eigenvalue weighted by atomic mass is 10.1. The average Bonchev–Trinajstić information content (AvgIpc) is 2.67. The van der Waals surface area contributed by atoms with Crippen molar-refractivity contribution in [3.05, 3.63) is 65.9 Å². The number of pyridine rings is 1. The number of hydrogen-bond donors (Lipinski definition) is 1. The minimum absolute atomic E-state index is 0.0318. The molecule has 2 amide bonds. The fourth-order valence-corrected chi connectivity index (χ4v) is 3.74. The summed E-state index contributed by atoms with van der Waals surface area (Å²) in [6.07, 6.45) is 1.83. The molecule has 3 aromatic rings. The molecule has 5 heteroatoms. The van der Waals surface area contributed by atoms with Crippen molar-refractivity contribution in [3.8, 4) is 0 Å². The Balaban J connectivity index is 1.43. The average molecular weight is 360 g/mol. The highest BCUT2D eigenvalue weighted by Crippen LogP contribution is 2.25. The SMILES string of the molecule is Cc1cc(C)cc(NC(=O)N2CCN(c3cccc4cccnc34)CC2)c1. The van der Waals surface area contributed by atoms with Crippen molar-refractivity contribution in [2.75, 3.05) is 36.4 Å². The van der Waals surface area contributed by atoms with Crippen LogP contribution in [0.3, 0.4) is 0 Å². The molecule has 4 rings (SSSR count). The molecule has 1 fully saturated rings. The zero-order chi connectivity index (χ0) is 18.8. The summed E-state index contributed by atoms with van der Waals surface area (Å²) in [5, 5.41) is 4.18. The van der Waals surface area contributed by atoms with Crippen molar-refractivity contribution in [1.82, 2.24) is 9.88 Å². The van der Waals surface area contributed by atoms with Gasteiger partial charge in [-0.15, -0.1) is 0 Å². The Morgan fingerprint density at radius 2 is 1.67 bits per heavy atom. The molecule has 0 aliphatic carbocycles. The normalized spacial score (nSPS) is 14.4. The number of aryl methyl sites for hydroxylation is 2. The molecule has 1 saturated heterocycles. The summed E-state index contributed by atoms with van der Waals surface area (Å²) in [4.78, 5) is 21.4. The van der Waals surface area contributed by atoms with Gasteiger partial charge in [-0.2, -0.15) is 0 Å². The van der Waals surface area contributed by atoms with Gasteiger partial charge < -0.3 is 15.1 Å². The Labute approximate surface area is 159 Å². The van der Waals surface area contributed by atoms with E-state index in [-0.39, 0.29) is 6.03 Å². The van der Waals surface area contributed by atoms with Crippen molar-refractivity contribution in [1.29, 1.82) is 0 Å². The Bertz CT molecular complexity index is 951. The second-order valence-corrected chi connectivity index (χ2v) is 7.13. The first-order valence-corrected chi connectivity index (χ1v) is 9.33. The van der Waals surface area contributed by atoms with E-state index >= 15 is 0 Å². The summed E-state index contributed by atoms with van der Waals surface area (Å²) >= 11 is 0. The molecule has 0 saturated carbocycles. The second-order valence-electron chi connectivity index (χ2n) is 7.13. The summed E-state index contributed by atoms with van der Waals surface area (Å²) < 4.78 is 0. The van der Waals surface area contributed by atoms with E-state index in [1.165, 1.54) is 0 Å². The first kappa shape index (κ1) is 17.3. The van der Waals surface area contributed by atoms with Crippen LogP contribution < -0.4 is 10.2 Å². The summed E-state index contributed by atoms with van der Waals surface area (Å²) in [5.41, 5.74) is 5.32. The third-order valence-corrected chi connectivity index (χ3v) is 4.99. The molecule has 0 atom stereocenters. The van der Waals surface area contributed by atoms with Gasteiger partial charge >= 0.3 is 6.03 Å². The van der Waals surface area contributed by atoms with Gasteiger partial charge in [0.15, 0.2) is 0 Å². The first-order valence-electron chi connectivity index (χ1n) is 9.33. The maximum atomic E-state index is 12.6. The van der Waals surface area contributed by atoms with E-state index < -0.39 is 0 Å². The van der Waals surface area contributed by atoms with Crippen LogP contribution in [-0.2, 0) is 0 Å². The highest BCUT2D eigenvalue weighted by molar-refractivity contribution is 5.91. The molecule has 1 aromatic heterocycles. The van der Waals surface area contributed by atoms with Crippen LogP contribution in [0.5, 0.6) is 0 Å². The zero-order valence-electron chi connectivity index (χ0n) is 15.8. The largest absolute Gasteiger partial charge is 0.366 e. The molecule has 2 aromatic carbocycles. The Hall–Kier alpha value is -3.08. The molecule has 0 bridgehead atoms. The molecule has 0 spiro atoms. The van der Waals surface area contributed by atoms with E-state index in [2.05, 4.69) is 45.5 Å². The molecule has 27 heavy (non-hydrogen) atoms. The Kier molecular flexibility index (Phi) is 4.67. The lowest BCUT2D eigenvalue weighted by molar-refractivity contribution is 0.208. The summed E-state index contributed by atoms with van der Waals surface area (Å²) in [6.45, 7) is 7.07. The number of carbonyl (C=O) groups excluding carboxylic acids is 1. The van der Waals surface area contributed by atoms with Crippen LogP contribution in [0.15, 0.2) is 54.7 Å². The van der Waals surface area contributed by atoms with Crippen molar-refractivity contribution in [2.45, 2.75) is 13.8 Å². The van der Waals surface area contributed by atoms with Gasteiger partial charge in [0.2, 0.25) is 0 Å². The quantitative estimate of drug-likeness (QED) is 0.745. The van der Waals surface area contributed by atoms with Gasteiger partial charge in [0.1, 0.15) is 0 Å². The number of aromatic nitrogens is 1. The van der Waals surface area contributed by atoms with Crippen LogP contribution in [0.4, 0.5) is 16.2 Å². The number of anilines is 2. The fourth-order valence-electron chi connectivity index (χ4n) is 3.74. The highest BCUT2D eigenvalue weighted by Gasteiger charge is 2.22. The van der Waals surface area contributed by atoms with Crippen molar-refractivity contribution < 1.29 is 4.79 Å². The lowest BCUT2D eigenvalue weighted by Gasteiger charge is -2.36. The van der Waals surface area contributed by atoms with E-state index in [0.29, 0.717) is 13.1 Å². The Morgan fingerprint density at radius 3 is 2.41 bits per heavy atom. The number of amides is 2. The molecule has 0 unspecified atom stereocenters.